The normalized spacial score (nSPS) is 18.2. The fourth-order valence-corrected chi connectivity index (χ4v) is 3.75. The largest absolute Gasteiger partial charge is 0.309 e. The molecule has 6 heteroatoms. The first-order valence-electron chi connectivity index (χ1n) is 8.89. The van der Waals surface area contributed by atoms with Crippen molar-refractivity contribution in [3.63, 3.8) is 0 Å². The minimum Gasteiger partial charge on any atom is -0.309 e. The Labute approximate surface area is 146 Å². The summed E-state index contributed by atoms with van der Waals surface area (Å²) < 4.78 is 1.66. The van der Waals surface area contributed by atoms with Crippen LogP contribution in [-0.4, -0.2) is 37.2 Å². The van der Waals surface area contributed by atoms with E-state index in [1.807, 2.05) is 7.05 Å². The number of aryl methyl sites for hydroxylation is 2. The predicted molar refractivity (Wildman–Crippen MR) is 97.3 cm³/mol. The SMILES string of the molecule is Cn1ncc2c(=O)[nH]c(CN3CCCC3CCc3ccccc3)nc21. The van der Waals surface area contributed by atoms with Gasteiger partial charge in [-0.25, -0.2) is 4.98 Å². The van der Waals surface area contributed by atoms with E-state index in [2.05, 4.69) is 50.3 Å². The van der Waals surface area contributed by atoms with E-state index in [0.29, 0.717) is 23.6 Å². The van der Waals surface area contributed by atoms with Crippen LogP contribution in [0.25, 0.3) is 11.0 Å². The molecule has 4 rings (SSSR count). The summed E-state index contributed by atoms with van der Waals surface area (Å²) in [5.74, 6) is 0.729. The highest BCUT2D eigenvalue weighted by Gasteiger charge is 2.25. The zero-order valence-corrected chi connectivity index (χ0v) is 14.5. The van der Waals surface area contributed by atoms with Crippen molar-refractivity contribution in [1.29, 1.82) is 0 Å². The summed E-state index contributed by atoms with van der Waals surface area (Å²) in [5, 5.41) is 4.68. The molecule has 3 aromatic rings. The number of nitrogens with zero attached hydrogens (tertiary/aromatic N) is 4. The first-order chi connectivity index (χ1) is 12.2. The average molecular weight is 337 g/mol. The number of fused-ring (bicyclic) bond motifs is 1. The molecule has 1 aromatic carbocycles. The van der Waals surface area contributed by atoms with Crippen LogP contribution in [0.3, 0.4) is 0 Å². The molecule has 0 amide bonds. The highest BCUT2D eigenvalue weighted by molar-refractivity contribution is 5.72. The Bertz CT molecular complexity index is 914. The van der Waals surface area contributed by atoms with E-state index in [1.165, 1.54) is 18.4 Å². The molecule has 1 saturated heterocycles. The van der Waals surface area contributed by atoms with Crippen molar-refractivity contribution >= 4 is 11.0 Å². The van der Waals surface area contributed by atoms with Crippen LogP contribution in [0.1, 0.15) is 30.7 Å². The molecule has 3 heterocycles. The Hall–Kier alpha value is -2.47. The Morgan fingerprint density at radius 3 is 2.96 bits per heavy atom. The summed E-state index contributed by atoms with van der Waals surface area (Å²) in [7, 11) is 1.82. The van der Waals surface area contributed by atoms with Crippen LogP contribution in [0.15, 0.2) is 41.3 Å². The van der Waals surface area contributed by atoms with Gasteiger partial charge >= 0.3 is 0 Å². The molecule has 0 bridgehead atoms. The van der Waals surface area contributed by atoms with Crippen LogP contribution in [0.4, 0.5) is 0 Å². The number of aromatic nitrogens is 4. The van der Waals surface area contributed by atoms with Gasteiger partial charge in [-0.05, 0) is 37.8 Å². The van der Waals surface area contributed by atoms with Gasteiger partial charge < -0.3 is 4.98 Å². The summed E-state index contributed by atoms with van der Waals surface area (Å²) in [5.41, 5.74) is 1.93. The van der Waals surface area contributed by atoms with Crippen LogP contribution in [0.5, 0.6) is 0 Å². The van der Waals surface area contributed by atoms with Gasteiger partial charge in [-0.3, -0.25) is 14.4 Å². The Morgan fingerprint density at radius 2 is 2.12 bits per heavy atom. The van der Waals surface area contributed by atoms with Gasteiger partial charge in [0, 0.05) is 13.1 Å². The molecule has 1 fully saturated rings. The molecule has 1 aliphatic rings. The third-order valence-corrected chi connectivity index (χ3v) is 5.11. The van der Waals surface area contributed by atoms with Crippen molar-refractivity contribution in [2.75, 3.05) is 6.54 Å². The van der Waals surface area contributed by atoms with Gasteiger partial charge in [0.2, 0.25) is 0 Å². The van der Waals surface area contributed by atoms with Crippen molar-refractivity contribution in [3.05, 3.63) is 58.3 Å². The number of hydrogen-bond acceptors (Lipinski definition) is 4. The molecule has 2 aromatic heterocycles. The third kappa shape index (κ3) is 3.35. The quantitative estimate of drug-likeness (QED) is 0.775. The predicted octanol–water partition coefficient (Wildman–Crippen LogP) is 2.25. The maximum Gasteiger partial charge on any atom is 0.262 e. The number of aromatic amines is 1. The Balaban J connectivity index is 1.47. The monoisotopic (exact) mass is 337 g/mol. The molecule has 1 atom stereocenters. The summed E-state index contributed by atoms with van der Waals surface area (Å²) in [6.45, 7) is 1.75. The second-order valence-electron chi connectivity index (χ2n) is 6.81. The van der Waals surface area contributed by atoms with Crippen LogP contribution >= 0.6 is 0 Å². The minimum atomic E-state index is -0.104. The first kappa shape index (κ1) is 16.0. The number of rotatable bonds is 5. The number of nitrogens with one attached hydrogen (secondary N) is 1. The summed E-state index contributed by atoms with van der Waals surface area (Å²) in [4.78, 5) is 22.2. The minimum absolute atomic E-state index is 0.104. The standard InChI is InChI=1S/C19H23N5O/c1-23-18-16(12-20-23)19(25)22-17(21-18)13-24-11-5-8-15(24)10-9-14-6-3-2-4-7-14/h2-4,6-7,12,15H,5,8-11,13H2,1H3,(H,21,22,25). The third-order valence-electron chi connectivity index (χ3n) is 5.11. The molecule has 6 nitrogen and oxygen atoms in total. The highest BCUT2D eigenvalue weighted by atomic mass is 16.1. The molecule has 1 aliphatic heterocycles. The lowest BCUT2D eigenvalue weighted by Gasteiger charge is -2.24. The van der Waals surface area contributed by atoms with Crippen LogP contribution in [0, 0.1) is 0 Å². The topological polar surface area (TPSA) is 66.8 Å². The van der Waals surface area contributed by atoms with Gasteiger partial charge in [0.15, 0.2) is 5.65 Å². The number of hydrogen-bond donors (Lipinski definition) is 1. The van der Waals surface area contributed by atoms with Crippen LogP contribution < -0.4 is 5.56 Å². The van der Waals surface area contributed by atoms with Crippen molar-refractivity contribution in [3.8, 4) is 0 Å². The molecule has 0 saturated carbocycles. The Morgan fingerprint density at radius 1 is 1.28 bits per heavy atom. The van der Waals surface area contributed by atoms with E-state index >= 15 is 0 Å². The van der Waals surface area contributed by atoms with Crippen LogP contribution in [0.2, 0.25) is 0 Å². The second-order valence-corrected chi connectivity index (χ2v) is 6.81. The van der Waals surface area contributed by atoms with Crippen molar-refractivity contribution in [2.45, 2.75) is 38.3 Å². The molecule has 25 heavy (non-hydrogen) atoms. The van der Waals surface area contributed by atoms with Crippen molar-refractivity contribution in [1.82, 2.24) is 24.6 Å². The van der Waals surface area contributed by atoms with E-state index in [4.69, 9.17) is 0 Å². The summed E-state index contributed by atoms with van der Waals surface area (Å²) in [6, 6.07) is 11.2. The van der Waals surface area contributed by atoms with E-state index in [-0.39, 0.29) is 5.56 Å². The highest BCUT2D eigenvalue weighted by Crippen LogP contribution is 2.23. The van der Waals surface area contributed by atoms with Crippen LogP contribution in [-0.2, 0) is 20.0 Å². The van der Waals surface area contributed by atoms with E-state index in [9.17, 15) is 4.79 Å². The lowest BCUT2D eigenvalue weighted by molar-refractivity contribution is 0.229. The van der Waals surface area contributed by atoms with Gasteiger partial charge in [0.1, 0.15) is 11.2 Å². The summed E-state index contributed by atoms with van der Waals surface area (Å²) >= 11 is 0. The number of benzene rings is 1. The molecule has 1 N–H and O–H groups in total. The maximum atomic E-state index is 12.2. The van der Waals surface area contributed by atoms with Gasteiger partial charge in [-0.1, -0.05) is 30.3 Å². The van der Waals surface area contributed by atoms with E-state index in [1.54, 1.807) is 10.9 Å². The Kier molecular flexibility index (Phi) is 4.36. The maximum absolute atomic E-state index is 12.2. The van der Waals surface area contributed by atoms with Crippen molar-refractivity contribution in [2.24, 2.45) is 7.05 Å². The summed E-state index contributed by atoms with van der Waals surface area (Å²) in [6.07, 6.45) is 6.22. The number of H-pyrrole nitrogens is 1. The zero-order valence-electron chi connectivity index (χ0n) is 14.5. The fourth-order valence-electron chi connectivity index (χ4n) is 3.75. The second kappa shape index (κ2) is 6.80. The smallest absolute Gasteiger partial charge is 0.262 e. The van der Waals surface area contributed by atoms with Gasteiger partial charge in [0.25, 0.3) is 5.56 Å². The van der Waals surface area contributed by atoms with E-state index in [0.717, 1.165) is 25.2 Å². The lowest BCUT2D eigenvalue weighted by atomic mass is 10.0. The molecule has 0 spiro atoms. The van der Waals surface area contributed by atoms with E-state index < -0.39 is 0 Å². The van der Waals surface area contributed by atoms with Gasteiger partial charge in [-0.2, -0.15) is 5.10 Å². The average Bonchev–Trinajstić information content (AvgIpc) is 3.21. The number of likely N-dealkylation sites (tertiary alicyclic amines) is 1. The molecule has 1 unspecified atom stereocenters. The van der Waals surface area contributed by atoms with Gasteiger partial charge in [-0.15, -0.1) is 0 Å². The van der Waals surface area contributed by atoms with Crippen molar-refractivity contribution < 1.29 is 0 Å². The first-order valence-corrected chi connectivity index (χ1v) is 8.89. The molecule has 0 aliphatic carbocycles. The molecule has 0 radical (unpaired) electrons. The molecular weight excluding hydrogens is 314 g/mol. The lowest BCUT2D eigenvalue weighted by Crippen LogP contribution is -2.31. The zero-order chi connectivity index (χ0) is 17.2. The molecule has 130 valence electrons. The molecular formula is C19H23N5O. The fraction of sp³-hybridized carbons (Fsp3) is 0.421. The van der Waals surface area contributed by atoms with Gasteiger partial charge in [0.05, 0.1) is 12.7 Å².